The van der Waals surface area contributed by atoms with Crippen LogP contribution in [0, 0.1) is 0 Å². The molecule has 0 amide bonds. The molecule has 3 heteroatoms. The smallest absolute Gasteiger partial charge is 0.0680 e. The molecule has 0 radical (unpaired) electrons. The van der Waals surface area contributed by atoms with Crippen LogP contribution in [0.2, 0.25) is 0 Å². The lowest BCUT2D eigenvalue weighted by molar-refractivity contribution is 1.17. The van der Waals surface area contributed by atoms with Gasteiger partial charge in [-0.25, -0.2) is 0 Å². The zero-order chi connectivity index (χ0) is 23.9. The number of aromatic nitrogens is 1. The van der Waals surface area contributed by atoms with Gasteiger partial charge in [0.1, 0.15) is 0 Å². The maximum Gasteiger partial charge on any atom is 0.0680 e. The second-order valence-electron chi connectivity index (χ2n) is 8.85. The number of para-hydroxylation sites is 1. The first-order chi connectivity index (χ1) is 17.9. The number of fused-ring (bicyclic) bond motifs is 4. The summed E-state index contributed by atoms with van der Waals surface area (Å²) in [6, 6.07) is 43.1. The molecule has 7 rings (SSSR count). The predicted octanol–water partition coefficient (Wildman–Crippen LogP) is 9.50. The van der Waals surface area contributed by atoms with Crippen LogP contribution < -0.4 is 4.90 Å². The minimum Gasteiger partial charge on any atom is -0.306 e. The van der Waals surface area contributed by atoms with Crippen molar-refractivity contribution in [2.24, 2.45) is 0 Å². The number of rotatable bonds is 3. The van der Waals surface area contributed by atoms with Crippen molar-refractivity contribution < 1.29 is 0 Å². The van der Waals surface area contributed by atoms with E-state index < -0.39 is 0 Å². The number of nitrogens with zero attached hydrogens (tertiary/aromatic N) is 2. The zero-order valence-electron chi connectivity index (χ0n) is 19.5. The molecular weight excluding hydrogens is 456 g/mol. The molecule has 0 spiro atoms. The van der Waals surface area contributed by atoms with Crippen LogP contribution in [0.3, 0.4) is 0 Å². The van der Waals surface area contributed by atoms with E-state index in [1.807, 2.05) is 24.2 Å². The number of pyridine rings is 1. The van der Waals surface area contributed by atoms with Crippen molar-refractivity contribution in [3.8, 4) is 22.3 Å². The first-order valence-electron chi connectivity index (χ1n) is 12.1. The second kappa shape index (κ2) is 8.71. The Kier molecular flexibility index (Phi) is 5.07. The molecule has 0 aliphatic carbocycles. The van der Waals surface area contributed by atoms with Gasteiger partial charge in [0, 0.05) is 38.7 Å². The normalized spacial score (nSPS) is 12.3. The fraction of sp³-hybridized carbons (Fsp3) is 0. The van der Waals surface area contributed by atoms with E-state index in [9.17, 15) is 0 Å². The first kappa shape index (κ1) is 21.0. The van der Waals surface area contributed by atoms with Gasteiger partial charge in [0.25, 0.3) is 0 Å². The largest absolute Gasteiger partial charge is 0.306 e. The summed E-state index contributed by atoms with van der Waals surface area (Å²) >= 11 is 1.84. The summed E-state index contributed by atoms with van der Waals surface area (Å²) in [7, 11) is 0. The monoisotopic (exact) mass is 478 g/mol. The van der Waals surface area contributed by atoms with Crippen molar-refractivity contribution in [3.63, 3.8) is 0 Å². The number of benzene rings is 5. The minimum atomic E-state index is 1.11. The van der Waals surface area contributed by atoms with E-state index in [0.717, 1.165) is 27.9 Å². The highest BCUT2D eigenvalue weighted by atomic mass is 32.2. The van der Waals surface area contributed by atoms with Crippen molar-refractivity contribution in [3.05, 3.63) is 134 Å². The Morgan fingerprint density at radius 1 is 0.500 bits per heavy atom. The van der Waals surface area contributed by atoms with Crippen molar-refractivity contribution in [2.75, 3.05) is 4.90 Å². The molecule has 0 atom stereocenters. The molecule has 2 heterocycles. The van der Waals surface area contributed by atoms with Gasteiger partial charge in [-0.15, -0.1) is 0 Å². The molecule has 1 aliphatic heterocycles. The van der Waals surface area contributed by atoms with Crippen molar-refractivity contribution in [1.29, 1.82) is 0 Å². The molecule has 5 aromatic carbocycles. The van der Waals surface area contributed by atoms with Crippen LogP contribution >= 0.6 is 11.8 Å². The van der Waals surface area contributed by atoms with E-state index >= 15 is 0 Å². The SMILES string of the molecule is c1ccc(-c2cncc(-c3ccccc3)c2N2c3ccccc3Sc3ccc4ccccc4c32)cc1. The highest BCUT2D eigenvalue weighted by molar-refractivity contribution is 7.99. The third-order valence-electron chi connectivity index (χ3n) is 6.72. The molecule has 0 fully saturated rings. The molecule has 1 aromatic heterocycles. The van der Waals surface area contributed by atoms with Crippen molar-refractivity contribution >= 4 is 39.6 Å². The molecule has 6 aromatic rings. The van der Waals surface area contributed by atoms with E-state index in [1.54, 1.807) is 0 Å². The zero-order valence-corrected chi connectivity index (χ0v) is 20.3. The molecule has 1 aliphatic rings. The maximum atomic E-state index is 4.74. The Bertz CT molecular complexity index is 1650. The van der Waals surface area contributed by atoms with Gasteiger partial charge in [-0.3, -0.25) is 4.98 Å². The van der Waals surface area contributed by atoms with Crippen molar-refractivity contribution in [2.45, 2.75) is 9.79 Å². The molecule has 0 N–H and O–H groups in total. The Morgan fingerprint density at radius 2 is 1.11 bits per heavy atom. The molecule has 2 nitrogen and oxygen atoms in total. The van der Waals surface area contributed by atoms with Gasteiger partial charge in [-0.2, -0.15) is 0 Å². The van der Waals surface area contributed by atoms with Gasteiger partial charge in [-0.1, -0.05) is 115 Å². The topological polar surface area (TPSA) is 16.1 Å². The van der Waals surface area contributed by atoms with Gasteiger partial charge in [0.05, 0.1) is 17.1 Å². The van der Waals surface area contributed by atoms with Crippen molar-refractivity contribution in [1.82, 2.24) is 4.98 Å². The lowest BCUT2D eigenvalue weighted by Crippen LogP contribution is -2.17. The number of anilines is 3. The van der Waals surface area contributed by atoms with Crippen LogP contribution in [0.25, 0.3) is 33.0 Å². The van der Waals surface area contributed by atoms with Gasteiger partial charge in [-0.05, 0) is 34.7 Å². The first-order valence-corrected chi connectivity index (χ1v) is 12.9. The van der Waals surface area contributed by atoms with Crippen LogP contribution in [-0.2, 0) is 0 Å². The maximum absolute atomic E-state index is 4.74. The fourth-order valence-electron chi connectivity index (χ4n) is 5.10. The lowest BCUT2D eigenvalue weighted by atomic mass is 9.96. The second-order valence-corrected chi connectivity index (χ2v) is 9.94. The summed E-state index contributed by atoms with van der Waals surface area (Å²) in [5.41, 5.74) is 8.07. The van der Waals surface area contributed by atoms with E-state index in [1.165, 1.54) is 31.9 Å². The van der Waals surface area contributed by atoms with Crippen LogP contribution in [-0.4, -0.2) is 4.98 Å². The van der Waals surface area contributed by atoms with Crippen LogP contribution in [0.15, 0.2) is 144 Å². The standard InChI is InChI=1S/C33H22N2S/c1-3-11-23(12-4-1)27-21-34-22-28(24-13-5-2-6-14-24)32(27)35-29-17-9-10-18-30(29)36-31-20-19-25-15-7-8-16-26(25)33(31)35/h1-22H. The van der Waals surface area contributed by atoms with Crippen LogP contribution in [0.4, 0.5) is 17.1 Å². The average Bonchev–Trinajstić information content (AvgIpc) is 2.96. The molecule has 36 heavy (non-hydrogen) atoms. The Balaban J connectivity index is 1.63. The Labute approximate surface area is 214 Å². The van der Waals surface area contributed by atoms with E-state index in [2.05, 4.69) is 126 Å². The van der Waals surface area contributed by atoms with Gasteiger partial charge < -0.3 is 4.90 Å². The van der Waals surface area contributed by atoms with Crippen LogP contribution in [0.1, 0.15) is 0 Å². The highest BCUT2D eigenvalue weighted by Gasteiger charge is 2.30. The summed E-state index contributed by atoms with van der Waals surface area (Å²) in [5, 5.41) is 2.48. The lowest BCUT2D eigenvalue weighted by Gasteiger charge is -2.36. The minimum absolute atomic E-state index is 1.11. The summed E-state index contributed by atoms with van der Waals surface area (Å²) in [6.07, 6.45) is 4.01. The fourth-order valence-corrected chi connectivity index (χ4v) is 6.18. The summed E-state index contributed by atoms with van der Waals surface area (Å²) < 4.78 is 0. The molecular formula is C33H22N2S. The highest BCUT2D eigenvalue weighted by Crippen LogP contribution is 2.56. The van der Waals surface area contributed by atoms with Gasteiger partial charge in [0.15, 0.2) is 0 Å². The third-order valence-corrected chi connectivity index (χ3v) is 7.84. The summed E-state index contributed by atoms with van der Waals surface area (Å²) in [5.74, 6) is 0. The summed E-state index contributed by atoms with van der Waals surface area (Å²) in [6.45, 7) is 0. The van der Waals surface area contributed by atoms with E-state index in [0.29, 0.717) is 0 Å². The molecule has 170 valence electrons. The molecule has 0 unspecified atom stereocenters. The molecule has 0 saturated carbocycles. The van der Waals surface area contributed by atoms with E-state index in [4.69, 9.17) is 4.98 Å². The van der Waals surface area contributed by atoms with E-state index in [-0.39, 0.29) is 0 Å². The molecule has 0 bridgehead atoms. The van der Waals surface area contributed by atoms with Gasteiger partial charge >= 0.3 is 0 Å². The third kappa shape index (κ3) is 3.40. The van der Waals surface area contributed by atoms with Gasteiger partial charge in [0.2, 0.25) is 0 Å². The average molecular weight is 479 g/mol. The summed E-state index contributed by atoms with van der Waals surface area (Å²) in [4.78, 5) is 9.70. The Hall–Kier alpha value is -4.34. The quantitative estimate of drug-likeness (QED) is 0.251. The van der Waals surface area contributed by atoms with Crippen LogP contribution in [0.5, 0.6) is 0 Å². The number of hydrogen-bond donors (Lipinski definition) is 0. The molecule has 0 saturated heterocycles. The Morgan fingerprint density at radius 3 is 1.83 bits per heavy atom. The predicted molar refractivity (Wildman–Crippen MR) is 151 cm³/mol. The number of hydrogen-bond acceptors (Lipinski definition) is 3.